The van der Waals surface area contributed by atoms with Crippen molar-refractivity contribution in [2.75, 3.05) is 6.61 Å². The second-order valence-electron chi connectivity index (χ2n) is 3.72. The third-order valence-electron chi connectivity index (χ3n) is 2.33. The normalized spacial score (nSPS) is 11.6. The smallest absolute Gasteiger partial charge is 0.326 e. The van der Waals surface area contributed by atoms with E-state index in [1.54, 1.807) is 6.92 Å². The van der Waals surface area contributed by atoms with E-state index in [1.807, 2.05) is 0 Å². The highest BCUT2D eigenvalue weighted by atomic mass is 16.5. The van der Waals surface area contributed by atoms with Gasteiger partial charge in [-0.15, -0.1) is 0 Å². The van der Waals surface area contributed by atoms with Gasteiger partial charge in [-0.25, -0.2) is 4.79 Å². The second kappa shape index (κ2) is 7.20. The van der Waals surface area contributed by atoms with E-state index in [-0.39, 0.29) is 25.0 Å². The molecule has 1 rings (SSSR count). The summed E-state index contributed by atoms with van der Waals surface area (Å²) in [5, 5.41) is 11.3. The van der Waals surface area contributed by atoms with E-state index in [1.165, 1.54) is 18.6 Å². The summed E-state index contributed by atoms with van der Waals surface area (Å²) in [7, 11) is 0. The van der Waals surface area contributed by atoms with Gasteiger partial charge < -0.3 is 19.6 Å². The summed E-state index contributed by atoms with van der Waals surface area (Å²) in [5.41, 5.74) is 0.224. The third-order valence-corrected chi connectivity index (χ3v) is 2.33. The molecule has 0 aliphatic heterocycles. The molecule has 19 heavy (non-hydrogen) atoms. The third kappa shape index (κ3) is 4.82. The molecule has 2 N–H and O–H groups in total. The lowest BCUT2D eigenvalue weighted by atomic mass is 10.1. The van der Waals surface area contributed by atoms with Gasteiger partial charge in [0.15, 0.2) is 0 Å². The lowest BCUT2D eigenvalue weighted by molar-refractivity contribution is -0.144. The van der Waals surface area contributed by atoms with Crippen molar-refractivity contribution in [3.63, 3.8) is 0 Å². The number of nitrogens with one attached hydrogen (secondary N) is 1. The Bertz CT molecular complexity index is 439. The van der Waals surface area contributed by atoms with Crippen LogP contribution in [-0.2, 0) is 14.3 Å². The summed E-state index contributed by atoms with van der Waals surface area (Å²) in [6, 6.07) is 0.270. The summed E-state index contributed by atoms with van der Waals surface area (Å²) in [6.07, 6.45) is 2.41. The van der Waals surface area contributed by atoms with Gasteiger partial charge in [-0.3, -0.25) is 9.59 Å². The van der Waals surface area contributed by atoms with E-state index in [9.17, 15) is 14.4 Å². The van der Waals surface area contributed by atoms with Crippen LogP contribution in [0.3, 0.4) is 0 Å². The molecule has 0 spiro atoms. The molecule has 1 atom stereocenters. The average molecular weight is 269 g/mol. The first-order valence-corrected chi connectivity index (χ1v) is 5.76. The van der Waals surface area contributed by atoms with Crippen LogP contribution < -0.4 is 5.32 Å². The van der Waals surface area contributed by atoms with Gasteiger partial charge in [0.1, 0.15) is 12.3 Å². The minimum atomic E-state index is -1.21. The maximum atomic E-state index is 11.6. The Morgan fingerprint density at radius 1 is 1.47 bits per heavy atom. The van der Waals surface area contributed by atoms with Gasteiger partial charge in [0.05, 0.1) is 18.4 Å². The summed E-state index contributed by atoms with van der Waals surface area (Å²) in [4.78, 5) is 33.8. The van der Waals surface area contributed by atoms with Crippen LogP contribution in [0.2, 0.25) is 0 Å². The van der Waals surface area contributed by atoms with Crippen LogP contribution >= 0.6 is 0 Å². The summed E-state index contributed by atoms with van der Waals surface area (Å²) < 4.78 is 9.42. The van der Waals surface area contributed by atoms with E-state index >= 15 is 0 Å². The van der Waals surface area contributed by atoms with Crippen LogP contribution in [0.4, 0.5) is 0 Å². The number of amides is 1. The molecule has 0 saturated heterocycles. The van der Waals surface area contributed by atoms with Crippen molar-refractivity contribution >= 4 is 17.8 Å². The van der Waals surface area contributed by atoms with Crippen molar-refractivity contribution in [2.45, 2.75) is 25.8 Å². The fourth-order valence-electron chi connectivity index (χ4n) is 1.39. The number of hydrogen-bond acceptors (Lipinski definition) is 5. The number of furan rings is 1. The first-order valence-electron chi connectivity index (χ1n) is 5.76. The topological polar surface area (TPSA) is 106 Å². The molecule has 7 nitrogen and oxygen atoms in total. The monoisotopic (exact) mass is 269 g/mol. The van der Waals surface area contributed by atoms with Crippen molar-refractivity contribution in [1.82, 2.24) is 5.32 Å². The van der Waals surface area contributed by atoms with E-state index < -0.39 is 23.9 Å². The average Bonchev–Trinajstić information content (AvgIpc) is 2.88. The predicted octanol–water partition coefficient (Wildman–Crippen LogP) is 0.806. The molecule has 1 heterocycles. The van der Waals surface area contributed by atoms with Crippen LogP contribution in [0.1, 0.15) is 30.1 Å². The molecule has 0 aliphatic carbocycles. The molecule has 0 saturated carbocycles. The SMILES string of the molecule is CCOC(=O)CC[C@H](NC(=O)c1ccoc1)C(=O)O. The number of hydrogen-bond donors (Lipinski definition) is 2. The van der Waals surface area contributed by atoms with Crippen LogP contribution in [0.25, 0.3) is 0 Å². The Morgan fingerprint density at radius 3 is 2.74 bits per heavy atom. The Hall–Kier alpha value is -2.31. The van der Waals surface area contributed by atoms with Gasteiger partial charge in [-0.2, -0.15) is 0 Å². The van der Waals surface area contributed by atoms with E-state index in [2.05, 4.69) is 10.1 Å². The highest BCUT2D eigenvalue weighted by Gasteiger charge is 2.22. The van der Waals surface area contributed by atoms with Crippen LogP contribution in [0.15, 0.2) is 23.0 Å². The van der Waals surface area contributed by atoms with Gasteiger partial charge in [0.2, 0.25) is 0 Å². The number of rotatable bonds is 7. The van der Waals surface area contributed by atoms with Crippen molar-refractivity contribution in [3.05, 3.63) is 24.2 Å². The standard InChI is InChI=1S/C12H15NO6/c1-2-19-10(14)4-3-9(12(16)17)13-11(15)8-5-6-18-7-8/h5-7,9H,2-4H2,1H3,(H,13,15)(H,16,17)/t9-/m0/s1. The number of ether oxygens (including phenoxy) is 1. The molecule has 0 aromatic carbocycles. The number of carbonyl (C=O) groups excluding carboxylic acids is 2. The van der Waals surface area contributed by atoms with Crippen molar-refractivity contribution in [1.29, 1.82) is 0 Å². The van der Waals surface area contributed by atoms with Gasteiger partial charge in [0.25, 0.3) is 5.91 Å². The van der Waals surface area contributed by atoms with Crippen LogP contribution in [0.5, 0.6) is 0 Å². The number of aliphatic carboxylic acids is 1. The minimum absolute atomic E-state index is 0.0300. The summed E-state index contributed by atoms with van der Waals surface area (Å²) in [6.45, 7) is 1.89. The number of esters is 1. The van der Waals surface area contributed by atoms with Gasteiger partial charge in [-0.1, -0.05) is 0 Å². The van der Waals surface area contributed by atoms with E-state index in [0.717, 1.165) is 0 Å². The fourth-order valence-corrected chi connectivity index (χ4v) is 1.39. The number of carboxylic acids is 1. The molecule has 7 heteroatoms. The summed E-state index contributed by atoms with van der Waals surface area (Å²) in [5.74, 6) is -2.27. The fraction of sp³-hybridized carbons (Fsp3) is 0.417. The Labute approximate surface area is 109 Å². The Kier molecular flexibility index (Phi) is 5.59. The van der Waals surface area contributed by atoms with E-state index in [0.29, 0.717) is 0 Å². The zero-order valence-electron chi connectivity index (χ0n) is 10.4. The van der Waals surface area contributed by atoms with E-state index in [4.69, 9.17) is 9.52 Å². The van der Waals surface area contributed by atoms with Crippen LogP contribution in [-0.4, -0.2) is 35.6 Å². The molecular formula is C12H15NO6. The van der Waals surface area contributed by atoms with Gasteiger partial charge in [-0.05, 0) is 19.4 Å². The largest absolute Gasteiger partial charge is 0.480 e. The molecule has 104 valence electrons. The second-order valence-corrected chi connectivity index (χ2v) is 3.72. The highest BCUT2D eigenvalue weighted by Crippen LogP contribution is 2.04. The van der Waals surface area contributed by atoms with Crippen molar-refractivity contribution < 1.29 is 28.6 Å². The molecule has 0 bridgehead atoms. The highest BCUT2D eigenvalue weighted by molar-refractivity contribution is 5.96. The molecule has 0 fully saturated rings. The first kappa shape index (κ1) is 14.7. The van der Waals surface area contributed by atoms with Crippen molar-refractivity contribution in [2.24, 2.45) is 0 Å². The lowest BCUT2D eigenvalue weighted by Gasteiger charge is -2.13. The Morgan fingerprint density at radius 2 is 2.21 bits per heavy atom. The zero-order chi connectivity index (χ0) is 14.3. The molecule has 1 aromatic heterocycles. The zero-order valence-corrected chi connectivity index (χ0v) is 10.4. The minimum Gasteiger partial charge on any atom is -0.480 e. The lowest BCUT2D eigenvalue weighted by Crippen LogP contribution is -2.41. The molecule has 1 aromatic rings. The maximum absolute atomic E-state index is 11.6. The molecule has 1 amide bonds. The van der Waals surface area contributed by atoms with Gasteiger partial charge in [0, 0.05) is 6.42 Å². The Balaban J connectivity index is 2.51. The van der Waals surface area contributed by atoms with Gasteiger partial charge >= 0.3 is 11.9 Å². The summed E-state index contributed by atoms with van der Waals surface area (Å²) >= 11 is 0. The molecular weight excluding hydrogens is 254 g/mol. The molecule has 0 radical (unpaired) electrons. The number of carboxylic acid groups (broad SMARTS) is 1. The predicted molar refractivity (Wildman–Crippen MR) is 63.5 cm³/mol. The quantitative estimate of drug-likeness (QED) is 0.709. The molecule has 0 unspecified atom stereocenters. The van der Waals surface area contributed by atoms with Crippen LogP contribution in [0, 0.1) is 0 Å². The first-order chi connectivity index (χ1) is 9.04. The number of carbonyl (C=O) groups is 3. The maximum Gasteiger partial charge on any atom is 0.326 e. The van der Waals surface area contributed by atoms with Crippen molar-refractivity contribution in [3.8, 4) is 0 Å². The molecule has 0 aliphatic rings.